The number of hydrogen-bond donors (Lipinski definition) is 1. The van der Waals surface area contributed by atoms with Gasteiger partial charge in [-0.3, -0.25) is 0 Å². The molecule has 2 rings (SSSR count). The molecule has 6 nitrogen and oxygen atoms in total. The number of hydrogen-bond acceptors (Lipinski definition) is 5. The third kappa shape index (κ3) is 3.24. The summed E-state index contributed by atoms with van der Waals surface area (Å²) >= 11 is 3.28. The maximum atomic E-state index is 11.4. The number of aliphatic carboxylic acids is 1. The number of carbonyl (C=O) groups is 2. The summed E-state index contributed by atoms with van der Waals surface area (Å²) < 4.78 is 5.67. The molecule has 0 saturated carbocycles. The molecule has 104 valence electrons. The van der Waals surface area contributed by atoms with Gasteiger partial charge >= 0.3 is 11.9 Å². The Morgan fingerprint density at radius 2 is 2.30 bits per heavy atom. The summed E-state index contributed by atoms with van der Waals surface area (Å²) in [5.74, 6) is -1.14. The fraction of sp³-hybridized carbons (Fsp3) is 0.154. The van der Waals surface area contributed by atoms with E-state index in [0.29, 0.717) is 21.5 Å². The smallest absolute Gasteiger partial charge is 0.367 e. The van der Waals surface area contributed by atoms with E-state index in [1.807, 2.05) is 0 Å². The highest BCUT2D eigenvalue weighted by atomic mass is 79.9. The van der Waals surface area contributed by atoms with Crippen LogP contribution >= 0.6 is 15.9 Å². The van der Waals surface area contributed by atoms with Crippen LogP contribution in [-0.2, 0) is 14.4 Å². The van der Waals surface area contributed by atoms with E-state index in [1.165, 1.54) is 0 Å². The van der Waals surface area contributed by atoms with E-state index in [-0.39, 0.29) is 0 Å². The fourth-order valence-electron chi connectivity index (χ4n) is 1.55. The second-order valence-electron chi connectivity index (χ2n) is 3.99. The van der Waals surface area contributed by atoms with Gasteiger partial charge in [-0.05, 0) is 46.6 Å². The largest absolute Gasteiger partial charge is 0.481 e. The van der Waals surface area contributed by atoms with Crippen molar-refractivity contribution < 1.29 is 24.3 Å². The standard InChI is InChI=1S/C13H10BrNO5/c1-7-9(13(18)20-15-7)4-8-2-3-11(10(14)5-8)19-6-12(16)17/h2-5H,6H2,1H3,(H,16,17)/b9-4+. The molecular weight excluding hydrogens is 330 g/mol. The quantitative estimate of drug-likeness (QED) is 0.671. The van der Waals surface area contributed by atoms with Gasteiger partial charge < -0.3 is 14.7 Å². The van der Waals surface area contributed by atoms with E-state index >= 15 is 0 Å². The highest BCUT2D eigenvalue weighted by molar-refractivity contribution is 9.10. The summed E-state index contributed by atoms with van der Waals surface area (Å²) in [5.41, 5.74) is 1.64. The van der Waals surface area contributed by atoms with Crippen molar-refractivity contribution >= 4 is 39.7 Å². The molecule has 1 aromatic carbocycles. The predicted molar refractivity (Wildman–Crippen MR) is 74.5 cm³/mol. The Morgan fingerprint density at radius 1 is 1.55 bits per heavy atom. The lowest BCUT2D eigenvalue weighted by molar-refractivity contribution is -0.139. The van der Waals surface area contributed by atoms with Crippen LogP contribution in [0.4, 0.5) is 0 Å². The van der Waals surface area contributed by atoms with Gasteiger partial charge in [-0.25, -0.2) is 9.59 Å². The van der Waals surface area contributed by atoms with Crippen LogP contribution in [0.3, 0.4) is 0 Å². The molecule has 0 saturated heterocycles. The Balaban J connectivity index is 2.21. The van der Waals surface area contributed by atoms with Crippen LogP contribution in [-0.4, -0.2) is 29.4 Å². The van der Waals surface area contributed by atoms with Crippen LogP contribution in [0.15, 0.2) is 33.4 Å². The number of oxime groups is 1. The lowest BCUT2D eigenvalue weighted by Gasteiger charge is -2.06. The normalized spacial score (nSPS) is 16.0. The van der Waals surface area contributed by atoms with E-state index in [9.17, 15) is 9.59 Å². The second-order valence-corrected chi connectivity index (χ2v) is 4.84. The Morgan fingerprint density at radius 3 is 2.85 bits per heavy atom. The van der Waals surface area contributed by atoms with E-state index < -0.39 is 18.5 Å². The van der Waals surface area contributed by atoms with Gasteiger partial charge in [-0.1, -0.05) is 11.2 Å². The highest BCUT2D eigenvalue weighted by Gasteiger charge is 2.21. The zero-order valence-corrected chi connectivity index (χ0v) is 12.0. The minimum Gasteiger partial charge on any atom is -0.481 e. The van der Waals surface area contributed by atoms with Gasteiger partial charge in [0.1, 0.15) is 5.75 Å². The van der Waals surface area contributed by atoms with Crippen LogP contribution in [0.25, 0.3) is 6.08 Å². The summed E-state index contributed by atoms with van der Waals surface area (Å²) in [7, 11) is 0. The first-order chi connectivity index (χ1) is 9.47. The molecule has 1 aromatic rings. The van der Waals surface area contributed by atoms with Crippen molar-refractivity contribution in [3.05, 3.63) is 33.8 Å². The third-order valence-electron chi connectivity index (χ3n) is 2.49. The summed E-state index contributed by atoms with van der Waals surface area (Å²) in [5, 5.41) is 12.1. The van der Waals surface area contributed by atoms with E-state index in [1.54, 1.807) is 31.2 Å². The topological polar surface area (TPSA) is 85.2 Å². The van der Waals surface area contributed by atoms with Crippen molar-refractivity contribution in [3.63, 3.8) is 0 Å². The Labute approximate surface area is 122 Å². The first kappa shape index (κ1) is 14.3. The maximum absolute atomic E-state index is 11.4. The van der Waals surface area contributed by atoms with E-state index in [0.717, 1.165) is 5.56 Å². The molecule has 0 unspecified atom stereocenters. The SMILES string of the molecule is CC1=NOC(=O)/C1=C/c1ccc(OCC(=O)O)c(Br)c1. The monoisotopic (exact) mass is 339 g/mol. The van der Waals surface area contributed by atoms with Crippen molar-refractivity contribution in [2.45, 2.75) is 6.92 Å². The highest BCUT2D eigenvalue weighted by Crippen LogP contribution is 2.27. The average Bonchev–Trinajstić information content (AvgIpc) is 2.69. The average molecular weight is 340 g/mol. The van der Waals surface area contributed by atoms with Crippen LogP contribution in [0.5, 0.6) is 5.75 Å². The summed E-state index contributed by atoms with van der Waals surface area (Å²) in [6.45, 7) is 1.26. The number of rotatable bonds is 4. The van der Waals surface area contributed by atoms with Crippen molar-refractivity contribution in [1.82, 2.24) is 0 Å². The number of benzene rings is 1. The van der Waals surface area contributed by atoms with Crippen molar-refractivity contribution in [1.29, 1.82) is 0 Å². The Kier molecular flexibility index (Phi) is 4.19. The summed E-state index contributed by atoms with van der Waals surface area (Å²) in [6, 6.07) is 5.03. The first-order valence-corrected chi connectivity index (χ1v) is 6.39. The van der Waals surface area contributed by atoms with Gasteiger partial charge in [0.05, 0.1) is 15.8 Å². The van der Waals surface area contributed by atoms with Gasteiger partial charge in [0, 0.05) is 0 Å². The van der Waals surface area contributed by atoms with Crippen molar-refractivity contribution in [2.75, 3.05) is 6.61 Å². The minimum absolute atomic E-state index is 0.385. The molecule has 1 heterocycles. The predicted octanol–water partition coefficient (Wildman–Crippen LogP) is 2.23. The number of halogens is 1. The molecule has 1 N–H and O–H groups in total. The fourth-order valence-corrected chi connectivity index (χ4v) is 2.06. The second kappa shape index (κ2) is 5.87. The number of carbonyl (C=O) groups excluding carboxylic acids is 1. The molecule has 0 aliphatic carbocycles. The van der Waals surface area contributed by atoms with Gasteiger partial charge in [0.25, 0.3) is 0 Å². The summed E-state index contributed by atoms with van der Waals surface area (Å²) in [6.07, 6.45) is 1.64. The minimum atomic E-state index is -1.05. The van der Waals surface area contributed by atoms with Gasteiger partial charge in [0.2, 0.25) is 0 Å². The van der Waals surface area contributed by atoms with Crippen LogP contribution in [0, 0.1) is 0 Å². The number of ether oxygens (including phenoxy) is 1. The summed E-state index contributed by atoms with van der Waals surface area (Å²) in [4.78, 5) is 26.4. The molecule has 20 heavy (non-hydrogen) atoms. The molecule has 0 bridgehead atoms. The van der Waals surface area contributed by atoms with Gasteiger partial charge in [0.15, 0.2) is 6.61 Å². The molecular formula is C13H10BrNO5. The Bertz CT molecular complexity index is 636. The molecule has 1 aliphatic heterocycles. The number of carboxylic acids is 1. The van der Waals surface area contributed by atoms with Crippen LogP contribution in [0.1, 0.15) is 12.5 Å². The number of carboxylic acid groups (broad SMARTS) is 1. The maximum Gasteiger partial charge on any atom is 0.367 e. The van der Waals surface area contributed by atoms with Crippen molar-refractivity contribution in [3.8, 4) is 5.75 Å². The van der Waals surface area contributed by atoms with Gasteiger partial charge in [-0.15, -0.1) is 0 Å². The molecule has 0 aromatic heterocycles. The van der Waals surface area contributed by atoms with E-state index in [4.69, 9.17) is 9.84 Å². The van der Waals surface area contributed by atoms with Gasteiger partial charge in [-0.2, -0.15) is 0 Å². The molecule has 7 heteroatoms. The lowest BCUT2D eigenvalue weighted by Crippen LogP contribution is -2.09. The molecule has 0 radical (unpaired) electrons. The van der Waals surface area contributed by atoms with Crippen molar-refractivity contribution in [2.24, 2.45) is 5.16 Å². The third-order valence-corrected chi connectivity index (χ3v) is 3.11. The number of nitrogens with zero attached hydrogens (tertiary/aromatic N) is 1. The molecule has 0 atom stereocenters. The lowest BCUT2D eigenvalue weighted by atomic mass is 10.1. The Hall–Kier alpha value is -2.15. The van der Waals surface area contributed by atoms with E-state index in [2.05, 4.69) is 25.9 Å². The zero-order valence-electron chi connectivity index (χ0n) is 10.4. The van der Waals surface area contributed by atoms with Crippen LogP contribution in [0.2, 0.25) is 0 Å². The molecule has 0 amide bonds. The van der Waals surface area contributed by atoms with Crippen LogP contribution < -0.4 is 4.74 Å². The molecule has 1 aliphatic rings. The zero-order chi connectivity index (χ0) is 14.7. The molecule has 0 fully saturated rings. The molecule has 0 spiro atoms. The first-order valence-electron chi connectivity index (χ1n) is 5.59.